The summed E-state index contributed by atoms with van der Waals surface area (Å²) in [5.41, 5.74) is 0.592. The van der Waals surface area contributed by atoms with E-state index < -0.39 is 22.7 Å². The second-order valence-electron chi connectivity index (χ2n) is 7.16. The summed E-state index contributed by atoms with van der Waals surface area (Å²) in [5.74, 6) is -1.52. The van der Waals surface area contributed by atoms with E-state index in [9.17, 15) is 19.7 Å². The second-order valence-corrected chi connectivity index (χ2v) is 7.16. The Morgan fingerprint density at radius 1 is 1.37 bits per heavy atom. The Bertz CT molecular complexity index is 699. The number of carboxylic acid groups (broad SMARTS) is 1. The number of benzene rings is 1. The number of nitro benzene ring substituents is 1. The Kier molecular flexibility index (Phi) is 7.15. The second kappa shape index (κ2) is 9.34. The zero-order valence-corrected chi connectivity index (χ0v) is 15.8. The number of nitrogens with one attached hydrogen (secondary N) is 1. The van der Waals surface area contributed by atoms with Crippen molar-refractivity contribution in [3.63, 3.8) is 0 Å². The fourth-order valence-electron chi connectivity index (χ4n) is 3.31. The van der Waals surface area contributed by atoms with Crippen LogP contribution in [0, 0.1) is 22.0 Å². The number of carboxylic acids is 1. The lowest BCUT2D eigenvalue weighted by Crippen LogP contribution is -2.34. The molecule has 148 valence electrons. The number of hydrogen-bond donors (Lipinski definition) is 2. The van der Waals surface area contributed by atoms with Crippen LogP contribution in [0.4, 0.5) is 11.4 Å². The minimum Gasteiger partial charge on any atom is -0.481 e. The lowest BCUT2D eigenvalue weighted by atomic mass is 9.98. The first kappa shape index (κ1) is 20.7. The van der Waals surface area contributed by atoms with Gasteiger partial charge in [0.15, 0.2) is 0 Å². The molecule has 1 unspecified atom stereocenters. The predicted octanol–water partition coefficient (Wildman–Crippen LogP) is 3.06. The third kappa shape index (κ3) is 5.42. The maximum Gasteiger partial charge on any atom is 0.308 e. The molecule has 0 radical (unpaired) electrons. The van der Waals surface area contributed by atoms with Crippen LogP contribution in [-0.4, -0.2) is 41.5 Å². The zero-order chi connectivity index (χ0) is 20.0. The molecular weight excluding hydrogens is 350 g/mol. The lowest BCUT2D eigenvalue weighted by molar-refractivity contribution is -0.384. The molecule has 0 saturated carbocycles. The molecule has 1 atom stereocenters. The lowest BCUT2D eigenvalue weighted by Gasteiger charge is -2.31. The molecule has 1 fully saturated rings. The van der Waals surface area contributed by atoms with E-state index in [-0.39, 0.29) is 17.8 Å². The first-order chi connectivity index (χ1) is 12.8. The van der Waals surface area contributed by atoms with Crippen LogP contribution in [0.3, 0.4) is 0 Å². The molecule has 1 aliphatic rings. The normalized spacial score (nSPS) is 16.0. The first-order valence-electron chi connectivity index (χ1n) is 9.37. The Morgan fingerprint density at radius 3 is 2.59 bits per heavy atom. The van der Waals surface area contributed by atoms with Crippen molar-refractivity contribution in [3.8, 4) is 0 Å². The fourth-order valence-corrected chi connectivity index (χ4v) is 3.31. The van der Waals surface area contributed by atoms with Gasteiger partial charge in [-0.2, -0.15) is 0 Å². The quantitative estimate of drug-likeness (QED) is 0.532. The largest absolute Gasteiger partial charge is 0.481 e. The monoisotopic (exact) mass is 377 g/mol. The van der Waals surface area contributed by atoms with Gasteiger partial charge in [0, 0.05) is 31.3 Å². The van der Waals surface area contributed by atoms with Gasteiger partial charge in [-0.3, -0.25) is 19.7 Å². The SMILES string of the molecule is CCCC(CNC(=O)c1ccc(N2CCC(C)CC2)c([N+](=O)[O-])c1)C(=O)O. The Hall–Kier alpha value is -2.64. The molecular formula is C19H27N3O5. The number of nitrogens with zero attached hydrogens (tertiary/aromatic N) is 2. The molecule has 0 aromatic heterocycles. The van der Waals surface area contributed by atoms with Gasteiger partial charge < -0.3 is 15.3 Å². The maximum absolute atomic E-state index is 12.3. The number of piperidine rings is 1. The van der Waals surface area contributed by atoms with Gasteiger partial charge in [-0.1, -0.05) is 20.3 Å². The Morgan fingerprint density at radius 2 is 2.04 bits per heavy atom. The van der Waals surface area contributed by atoms with Crippen LogP contribution in [0.25, 0.3) is 0 Å². The van der Waals surface area contributed by atoms with Crippen molar-refractivity contribution in [3.05, 3.63) is 33.9 Å². The van der Waals surface area contributed by atoms with Gasteiger partial charge in [0.2, 0.25) is 0 Å². The summed E-state index contributed by atoms with van der Waals surface area (Å²) < 4.78 is 0. The molecule has 27 heavy (non-hydrogen) atoms. The molecule has 1 saturated heterocycles. The highest BCUT2D eigenvalue weighted by Crippen LogP contribution is 2.32. The molecule has 2 N–H and O–H groups in total. The smallest absolute Gasteiger partial charge is 0.308 e. The minimum atomic E-state index is -0.960. The summed E-state index contributed by atoms with van der Waals surface area (Å²) >= 11 is 0. The third-order valence-corrected chi connectivity index (χ3v) is 5.05. The van der Waals surface area contributed by atoms with Crippen LogP contribution in [0.1, 0.15) is 49.9 Å². The summed E-state index contributed by atoms with van der Waals surface area (Å²) in [6.07, 6.45) is 3.12. The third-order valence-electron chi connectivity index (χ3n) is 5.05. The summed E-state index contributed by atoms with van der Waals surface area (Å²) in [7, 11) is 0. The number of hydrogen-bond acceptors (Lipinski definition) is 5. The molecule has 1 amide bonds. The molecule has 1 heterocycles. The fraction of sp³-hybridized carbons (Fsp3) is 0.579. The summed E-state index contributed by atoms with van der Waals surface area (Å²) in [5, 5.41) is 23.3. The standard InChI is InChI=1S/C19H27N3O5/c1-3-4-15(19(24)25)12-20-18(23)14-5-6-16(17(11-14)22(26)27)21-9-7-13(2)8-10-21/h5-6,11,13,15H,3-4,7-10,12H2,1-2H3,(H,20,23)(H,24,25). The van der Waals surface area contributed by atoms with E-state index in [0.717, 1.165) is 25.9 Å². The van der Waals surface area contributed by atoms with Crippen LogP contribution < -0.4 is 10.2 Å². The summed E-state index contributed by atoms with van der Waals surface area (Å²) in [4.78, 5) is 36.5. The van der Waals surface area contributed by atoms with Crippen molar-refractivity contribution in [1.29, 1.82) is 0 Å². The highest BCUT2D eigenvalue weighted by Gasteiger charge is 2.25. The number of aliphatic carboxylic acids is 1. The van der Waals surface area contributed by atoms with Crippen molar-refractivity contribution >= 4 is 23.3 Å². The van der Waals surface area contributed by atoms with Gasteiger partial charge in [-0.05, 0) is 37.3 Å². The van der Waals surface area contributed by atoms with Gasteiger partial charge in [-0.25, -0.2) is 0 Å². The molecule has 8 nitrogen and oxygen atoms in total. The number of carbonyl (C=O) groups is 2. The number of carbonyl (C=O) groups excluding carboxylic acids is 1. The predicted molar refractivity (Wildman–Crippen MR) is 102 cm³/mol. The number of rotatable bonds is 8. The molecule has 1 aromatic carbocycles. The molecule has 2 rings (SSSR count). The number of amides is 1. The topological polar surface area (TPSA) is 113 Å². The average molecular weight is 377 g/mol. The number of nitro groups is 1. The highest BCUT2D eigenvalue weighted by molar-refractivity contribution is 5.96. The first-order valence-corrected chi connectivity index (χ1v) is 9.37. The van der Waals surface area contributed by atoms with E-state index in [2.05, 4.69) is 12.2 Å². The summed E-state index contributed by atoms with van der Waals surface area (Å²) in [6.45, 7) is 5.56. The van der Waals surface area contributed by atoms with Crippen molar-refractivity contribution < 1.29 is 19.6 Å². The molecule has 8 heteroatoms. The highest BCUT2D eigenvalue weighted by atomic mass is 16.6. The summed E-state index contributed by atoms with van der Waals surface area (Å²) in [6, 6.07) is 4.45. The van der Waals surface area contributed by atoms with Gasteiger partial charge in [0.05, 0.1) is 10.8 Å². The van der Waals surface area contributed by atoms with Crippen molar-refractivity contribution in [2.45, 2.75) is 39.5 Å². The van der Waals surface area contributed by atoms with Gasteiger partial charge in [0.1, 0.15) is 5.69 Å². The maximum atomic E-state index is 12.3. The van der Waals surface area contributed by atoms with Crippen LogP contribution in [-0.2, 0) is 4.79 Å². The molecule has 0 aliphatic carbocycles. The van der Waals surface area contributed by atoms with E-state index in [1.807, 2.05) is 11.8 Å². The molecule has 1 aromatic rings. The molecule has 1 aliphatic heterocycles. The van der Waals surface area contributed by atoms with Crippen molar-refractivity contribution in [2.75, 3.05) is 24.5 Å². The van der Waals surface area contributed by atoms with E-state index in [1.165, 1.54) is 6.07 Å². The van der Waals surface area contributed by atoms with Crippen molar-refractivity contribution in [2.24, 2.45) is 11.8 Å². The zero-order valence-electron chi connectivity index (χ0n) is 15.8. The van der Waals surface area contributed by atoms with Crippen LogP contribution in [0.5, 0.6) is 0 Å². The van der Waals surface area contributed by atoms with Crippen LogP contribution >= 0.6 is 0 Å². The molecule has 0 spiro atoms. The van der Waals surface area contributed by atoms with Crippen LogP contribution in [0.15, 0.2) is 18.2 Å². The van der Waals surface area contributed by atoms with E-state index in [4.69, 9.17) is 5.11 Å². The van der Waals surface area contributed by atoms with E-state index in [1.54, 1.807) is 12.1 Å². The van der Waals surface area contributed by atoms with E-state index >= 15 is 0 Å². The van der Waals surface area contributed by atoms with Gasteiger partial charge >= 0.3 is 5.97 Å². The van der Waals surface area contributed by atoms with Crippen LogP contribution in [0.2, 0.25) is 0 Å². The Labute approximate surface area is 158 Å². The Balaban J connectivity index is 2.13. The van der Waals surface area contributed by atoms with Gasteiger partial charge in [-0.15, -0.1) is 0 Å². The average Bonchev–Trinajstić information content (AvgIpc) is 2.64. The van der Waals surface area contributed by atoms with Crippen molar-refractivity contribution in [1.82, 2.24) is 5.32 Å². The minimum absolute atomic E-state index is 0.00156. The molecule has 0 bridgehead atoms. The van der Waals surface area contributed by atoms with Gasteiger partial charge in [0.25, 0.3) is 11.6 Å². The van der Waals surface area contributed by atoms with E-state index in [0.29, 0.717) is 24.4 Å². The number of anilines is 1.